The first-order valence-electron chi connectivity index (χ1n) is 5.88. The van der Waals surface area contributed by atoms with Crippen molar-refractivity contribution < 1.29 is 4.39 Å². The molecular formula is C13H16FN3S. The maximum atomic E-state index is 13.7. The van der Waals surface area contributed by atoms with E-state index >= 15 is 0 Å². The third-order valence-corrected chi connectivity index (χ3v) is 3.65. The third kappa shape index (κ3) is 2.57. The lowest BCUT2D eigenvalue weighted by Gasteiger charge is -2.03. The summed E-state index contributed by atoms with van der Waals surface area (Å²) in [5, 5.41) is 3.77. The number of hydrogen-bond acceptors (Lipinski definition) is 4. The summed E-state index contributed by atoms with van der Waals surface area (Å²) in [4.78, 5) is 9.76. The fourth-order valence-electron chi connectivity index (χ4n) is 1.75. The molecule has 0 saturated heterocycles. The quantitative estimate of drug-likeness (QED) is 0.922. The smallest absolute Gasteiger partial charge is 0.151 e. The van der Waals surface area contributed by atoms with Crippen molar-refractivity contribution in [2.75, 3.05) is 7.05 Å². The predicted octanol–water partition coefficient (Wildman–Crippen LogP) is 3.19. The second kappa shape index (κ2) is 5.54. The van der Waals surface area contributed by atoms with Crippen LogP contribution in [-0.4, -0.2) is 17.0 Å². The molecule has 0 aliphatic rings. The Morgan fingerprint density at radius 1 is 1.44 bits per heavy atom. The molecule has 0 unspecified atom stereocenters. The summed E-state index contributed by atoms with van der Waals surface area (Å²) in [5.41, 5.74) is 1.36. The molecule has 0 aromatic carbocycles. The van der Waals surface area contributed by atoms with Crippen LogP contribution in [0.5, 0.6) is 0 Å². The molecule has 0 aliphatic heterocycles. The van der Waals surface area contributed by atoms with E-state index in [2.05, 4.69) is 29.1 Å². The minimum Gasteiger partial charge on any atom is -0.315 e. The van der Waals surface area contributed by atoms with Gasteiger partial charge in [0.1, 0.15) is 10.7 Å². The van der Waals surface area contributed by atoms with Crippen LogP contribution >= 0.6 is 11.3 Å². The molecule has 0 aliphatic carbocycles. The molecule has 2 heterocycles. The van der Waals surface area contributed by atoms with E-state index in [-0.39, 0.29) is 5.82 Å². The molecule has 2 aromatic heterocycles. The van der Waals surface area contributed by atoms with Gasteiger partial charge in [0, 0.05) is 17.6 Å². The lowest BCUT2D eigenvalue weighted by atomic mass is 10.1. The van der Waals surface area contributed by atoms with Crippen LogP contribution in [0.15, 0.2) is 18.3 Å². The van der Waals surface area contributed by atoms with Gasteiger partial charge in [0.05, 0.1) is 5.69 Å². The van der Waals surface area contributed by atoms with Gasteiger partial charge in [-0.15, -0.1) is 11.3 Å². The topological polar surface area (TPSA) is 37.8 Å². The molecule has 18 heavy (non-hydrogen) atoms. The summed E-state index contributed by atoms with van der Waals surface area (Å²) in [5.74, 6) is 0.00249. The largest absolute Gasteiger partial charge is 0.315 e. The van der Waals surface area contributed by atoms with Gasteiger partial charge in [0.15, 0.2) is 5.82 Å². The minimum atomic E-state index is -0.322. The minimum absolute atomic E-state index is 0.322. The maximum Gasteiger partial charge on any atom is 0.151 e. The SMILES string of the molecule is CNCc1sc(-c2ncccc2F)nc1C(C)C. The molecule has 3 nitrogen and oxygen atoms in total. The molecule has 2 rings (SSSR count). The Kier molecular flexibility index (Phi) is 4.04. The average Bonchev–Trinajstić information content (AvgIpc) is 2.74. The van der Waals surface area contributed by atoms with Crippen molar-refractivity contribution in [1.82, 2.24) is 15.3 Å². The predicted molar refractivity (Wildman–Crippen MR) is 72.2 cm³/mol. The van der Waals surface area contributed by atoms with Gasteiger partial charge in [-0.25, -0.2) is 9.37 Å². The lowest BCUT2D eigenvalue weighted by Crippen LogP contribution is -2.06. The molecule has 0 spiro atoms. The van der Waals surface area contributed by atoms with E-state index in [0.29, 0.717) is 16.6 Å². The van der Waals surface area contributed by atoms with Crippen LogP contribution < -0.4 is 5.32 Å². The molecule has 0 amide bonds. The fraction of sp³-hybridized carbons (Fsp3) is 0.385. The van der Waals surface area contributed by atoms with Gasteiger partial charge in [-0.2, -0.15) is 0 Å². The highest BCUT2D eigenvalue weighted by molar-refractivity contribution is 7.15. The first kappa shape index (κ1) is 13.1. The van der Waals surface area contributed by atoms with Gasteiger partial charge < -0.3 is 5.32 Å². The third-order valence-electron chi connectivity index (χ3n) is 2.57. The van der Waals surface area contributed by atoms with Gasteiger partial charge in [-0.3, -0.25) is 4.98 Å². The van der Waals surface area contributed by atoms with Crippen LogP contribution in [0.25, 0.3) is 10.7 Å². The van der Waals surface area contributed by atoms with E-state index in [1.54, 1.807) is 12.3 Å². The molecule has 0 radical (unpaired) electrons. The fourth-order valence-corrected chi connectivity index (χ4v) is 2.97. The summed E-state index contributed by atoms with van der Waals surface area (Å²) >= 11 is 1.50. The van der Waals surface area contributed by atoms with Crippen molar-refractivity contribution in [2.24, 2.45) is 0 Å². The molecule has 1 N–H and O–H groups in total. The van der Waals surface area contributed by atoms with Crippen molar-refractivity contribution in [3.05, 3.63) is 34.7 Å². The Hall–Kier alpha value is -1.33. The number of nitrogens with one attached hydrogen (secondary N) is 1. The van der Waals surface area contributed by atoms with Crippen LogP contribution in [0.2, 0.25) is 0 Å². The highest BCUT2D eigenvalue weighted by Crippen LogP contribution is 2.31. The standard InChI is InChI=1S/C13H16FN3S/c1-8(2)11-10(7-15-3)18-13(17-11)12-9(14)5-4-6-16-12/h4-6,8,15H,7H2,1-3H3. The van der Waals surface area contributed by atoms with Gasteiger partial charge >= 0.3 is 0 Å². The van der Waals surface area contributed by atoms with E-state index in [0.717, 1.165) is 17.1 Å². The number of thiazole rings is 1. The summed E-state index contributed by atoms with van der Waals surface area (Å²) in [6.07, 6.45) is 1.59. The highest BCUT2D eigenvalue weighted by atomic mass is 32.1. The molecule has 0 atom stereocenters. The van der Waals surface area contributed by atoms with Crippen molar-refractivity contribution >= 4 is 11.3 Å². The molecule has 5 heteroatoms. The molecule has 96 valence electrons. The maximum absolute atomic E-state index is 13.7. The monoisotopic (exact) mass is 265 g/mol. The number of halogens is 1. The molecule has 0 saturated carbocycles. The second-order valence-electron chi connectivity index (χ2n) is 4.35. The number of nitrogens with zero attached hydrogens (tertiary/aromatic N) is 2. The highest BCUT2D eigenvalue weighted by Gasteiger charge is 2.17. The van der Waals surface area contributed by atoms with E-state index in [1.165, 1.54) is 17.4 Å². The summed E-state index contributed by atoms with van der Waals surface area (Å²) in [7, 11) is 1.89. The number of hydrogen-bond donors (Lipinski definition) is 1. The average molecular weight is 265 g/mol. The zero-order chi connectivity index (χ0) is 13.1. The number of pyridine rings is 1. The molecular weight excluding hydrogens is 249 g/mol. The van der Waals surface area contributed by atoms with Crippen molar-refractivity contribution in [2.45, 2.75) is 26.3 Å². The Morgan fingerprint density at radius 3 is 2.83 bits per heavy atom. The van der Waals surface area contributed by atoms with E-state index in [4.69, 9.17) is 0 Å². The van der Waals surface area contributed by atoms with Crippen molar-refractivity contribution in [3.63, 3.8) is 0 Å². The van der Waals surface area contributed by atoms with Crippen LogP contribution in [0.4, 0.5) is 4.39 Å². The van der Waals surface area contributed by atoms with Crippen molar-refractivity contribution in [3.8, 4) is 10.7 Å². The van der Waals surface area contributed by atoms with Gasteiger partial charge in [-0.1, -0.05) is 13.8 Å². The first-order chi connectivity index (χ1) is 8.63. The summed E-state index contributed by atoms with van der Waals surface area (Å²) in [6, 6.07) is 3.00. The summed E-state index contributed by atoms with van der Waals surface area (Å²) < 4.78 is 13.7. The van der Waals surface area contributed by atoms with Gasteiger partial charge in [-0.05, 0) is 25.1 Å². The Bertz CT molecular complexity index is 537. The zero-order valence-electron chi connectivity index (χ0n) is 10.7. The Morgan fingerprint density at radius 2 is 2.22 bits per heavy atom. The number of rotatable bonds is 4. The van der Waals surface area contributed by atoms with Crippen molar-refractivity contribution in [1.29, 1.82) is 0 Å². The van der Waals surface area contributed by atoms with E-state index in [9.17, 15) is 4.39 Å². The van der Waals surface area contributed by atoms with Gasteiger partial charge in [0.2, 0.25) is 0 Å². The molecule has 0 bridgehead atoms. The first-order valence-corrected chi connectivity index (χ1v) is 6.70. The van der Waals surface area contributed by atoms with Gasteiger partial charge in [0.25, 0.3) is 0 Å². The normalized spacial score (nSPS) is 11.2. The number of aromatic nitrogens is 2. The molecule has 2 aromatic rings. The van der Waals surface area contributed by atoms with Crippen LogP contribution in [0.1, 0.15) is 30.3 Å². The lowest BCUT2D eigenvalue weighted by molar-refractivity contribution is 0.625. The van der Waals surface area contributed by atoms with E-state index < -0.39 is 0 Å². The van der Waals surface area contributed by atoms with Crippen LogP contribution in [-0.2, 0) is 6.54 Å². The second-order valence-corrected chi connectivity index (χ2v) is 5.43. The molecule has 0 fully saturated rings. The van der Waals surface area contributed by atoms with Crippen LogP contribution in [0.3, 0.4) is 0 Å². The van der Waals surface area contributed by atoms with E-state index in [1.807, 2.05) is 7.05 Å². The summed E-state index contributed by atoms with van der Waals surface area (Å²) in [6.45, 7) is 4.93. The van der Waals surface area contributed by atoms with Crippen LogP contribution in [0, 0.1) is 5.82 Å². The Balaban J connectivity index is 2.47. The Labute approximate surface area is 110 Å². The zero-order valence-corrected chi connectivity index (χ0v) is 11.5.